The van der Waals surface area contributed by atoms with Crippen LogP contribution in [0.2, 0.25) is 0 Å². The van der Waals surface area contributed by atoms with Crippen LogP contribution >= 0.6 is 12.2 Å². The highest BCUT2D eigenvalue weighted by molar-refractivity contribution is 7.80. The SMILES string of the molecule is CC1(C)CCCN1c1nccc(C(N)=S)n1. The van der Waals surface area contributed by atoms with Crippen molar-refractivity contribution >= 4 is 23.2 Å². The molecule has 0 aliphatic carbocycles. The molecule has 0 bridgehead atoms. The highest BCUT2D eigenvalue weighted by Gasteiger charge is 2.33. The largest absolute Gasteiger partial charge is 0.388 e. The first kappa shape index (κ1) is 11.3. The van der Waals surface area contributed by atoms with E-state index in [2.05, 4.69) is 28.7 Å². The van der Waals surface area contributed by atoms with Crippen LogP contribution < -0.4 is 10.6 Å². The molecule has 0 spiro atoms. The number of rotatable bonds is 2. The van der Waals surface area contributed by atoms with E-state index in [1.165, 1.54) is 6.42 Å². The number of nitrogens with two attached hydrogens (primary N) is 1. The lowest BCUT2D eigenvalue weighted by atomic mass is 10.0. The van der Waals surface area contributed by atoms with E-state index in [0.717, 1.165) is 18.9 Å². The summed E-state index contributed by atoms with van der Waals surface area (Å²) >= 11 is 4.92. The topological polar surface area (TPSA) is 55.0 Å². The molecule has 1 fully saturated rings. The molecule has 0 radical (unpaired) electrons. The zero-order valence-corrected chi connectivity index (χ0v) is 10.4. The number of thiocarbonyl (C=S) groups is 1. The fraction of sp³-hybridized carbons (Fsp3) is 0.545. The van der Waals surface area contributed by atoms with Crippen molar-refractivity contribution in [1.82, 2.24) is 9.97 Å². The molecule has 86 valence electrons. The molecule has 4 nitrogen and oxygen atoms in total. The molecule has 2 rings (SSSR count). The Morgan fingerprint density at radius 3 is 2.88 bits per heavy atom. The molecule has 0 saturated carbocycles. The predicted octanol–water partition coefficient (Wildman–Crippen LogP) is 1.49. The third-order valence-electron chi connectivity index (χ3n) is 3.04. The Bertz CT molecular complexity index is 416. The lowest BCUT2D eigenvalue weighted by molar-refractivity contribution is 0.510. The number of nitrogens with zero attached hydrogens (tertiary/aromatic N) is 3. The van der Waals surface area contributed by atoms with Crippen molar-refractivity contribution < 1.29 is 0 Å². The summed E-state index contributed by atoms with van der Waals surface area (Å²) in [5.74, 6) is 0.729. The van der Waals surface area contributed by atoms with Crippen molar-refractivity contribution in [2.24, 2.45) is 5.73 Å². The van der Waals surface area contributed by atoms with Gasteiger partial charge in [-0.05, 0) is 32.8 Å². The van der Waals surface area contributed by atoms with Gasteiger partial charge in [-0.3, -0.25) is 0 Å². The van der Waals surface area contributed by atoms with Gasteiger partial charge >= 0.3 is 0 Å². The zero-order chi connectivity index (χ0) is 11.8. The molecule has 1 saturated heterocycles. The monoisotopic (exact) mass is 236 g/mol. The Hall–Kier alpha value is -1.23. The molecule has 0 unspecified atom stereocenters. The first-order valence-electron chi connectivity index (χ1n) is 5.41. The standard InChI is InChI=1S/C11H16N4S/c1-11(2)5-3-7-15(11)10-13-6-4-8(14-10)9(12)16/h4,6H,3,5,7H2,1-2H3,(H2,12,16). The maximum Gasteiger partial charge on any atom is 0.226 e. The van der Waals surface area contributed by atoms with Gasteiger partial charge < -0.3 is 10.6 Å². The predicted molar refractivity (Wildman–Crippen MR) is 68.6 cm³/mol. The molecule has 1 aliphatic heterocycles. The molecule has 1 aromatic rings. The maximum absolute atomic E-state index is 5.57. The van der Waals surface area contributed by atoms with Gasteiger partial charge in [-0.25, -0.2) is 9.97 Å². The quantitative estimate of drug-likeness (QED) is 0.788. The molecule has 16 heavy (non-hydrogen) atoms. The van der Waals surface area contributed by atoms with Crippen LogP contribution in [-0.4, -0.2) is 27.0 Å². The van der Waals surface area contributed by atoms with Crippen LogP contribution in [0.1, 0.15) is 32.4 Å². The van der Waals surface area contributed by atoms with E-state index in [9.17, 15) is 0 Å². The van der Waals surface area contributed by atoms with Crippen LogP contribution in [0.3, 0.4) is 0 Å². The van der Waals surface area contributed by atoms with E-state index in [1.54, 1.807) is 12.3 Å². The van der Waals surface area contributed by atoms with Gasteiger partial charge in [0.15, 0.2) is 0 Å². The average molecular weight is 236 g/mol. The van der Waals surface area contributed by atoms with Gasteiger partial charge in [0.1, 0.15) is 10.7 Å². The first-order chi connectivity index (χ1) is 7.50. The van der Waals surface area contributed by atoms with Gasteiger partial charge in [-0.15, -0.1) is 0 Å². The van der Waals surface area contributed by atoms with E-state index in [4.69, 9.17) is 18.0 Å². The Kier molecular flexibility index (Phi) is 2.80. The normalized spacial score (nSPS) is 18.8. The molecular weight excluding hydrogens is 220 g/mol. The summed E-state index contributed by atoms with van der Waals surface area (Å²) < 4.78 is 0. The van der Waals surface area contributed by atoms with E-state index >= 15 is 0 Å². The second-order valence-corrected chi connectivity index (χ2v) is 5.11. The van der Waals surface area contributed by atoms with Crippen molar-refractivity contribution in [3.05, 3.63) is 18.0 Å². The molecule has 1 aromatic heterocycles. The minimum absolute atomic E-state index is 0.120. The second kappa shape index (κ2) is 3.97. The van der Waals surface area contributed by atoms with Crippen molar-refractivity contribution in [3.63, 3.8) is 0 Å². The van der Waals surface area contributed by atoms with Gasteiger partial charge in [0.25, 0.3) is 0 Å². The lowest BCUT2D eigenvalue weighted by Gasteiger charge is -2.31. The maximum atomic E-state index is 5.57. The summed E-state index contributed by atoms with van der Waals surface area (Å²) in [4.78, 5) is 11.2. The van der Waals surface area contributed by atoms with Crippen LogP contribution in [0, 0.1) is 0 Å². The molecule has 2 heterocycles. The molecule has 0 aromatic carbocycles. The minimum atomic E-state index is 0.120. The van der Waals surface area contributed by atoms with E-state index < -0.39 is 0 Å². The molecule has 1 aliphatic rings. The second-order valence-electron chi connectivity index (χ2n) is 4.67. The van der Waals surface area contributed by atoms with Crippen molar-refractivity contribution in [3.8, 4) is 0 Å². The first-order valence-corrected chi connectivity index (χ1v) is 5.82. The van der Waals surface area contributed by atoms with Gasteiger partial charge in [0.05, 0.1) is 0 Å². The lowest BCUT2D eigenvalue weighted by Crippen LogP contribution is -2.39. The van der Waals surface area contributed by atoms with Crippen molar-refractivity contribution in [1.29, 1.82) is 0 Å². The summed E-state index contributed by atoms with van der Waals surface area (Å²) in [6, 6.07) is 1.74. The van der Waals surface area contributed by atoms with E-state index in [1.807, 2.05) is 0 Å². The molecule has 0 amide bonds. The smallest absolute Gasteiger partial charge is 0.226 e. The molecule has 5 heteroatoms. The Morgan fingerprint density at radius 2 is 2.31 bits per heavy atom. The fourth-order valence-corrected chi connectivity index (χ4v) is 2.21. The van der Waals surface area contributed by atoms with Gasteiger partial charge in [-0.1, -0.05) is 12.2 Å². The van der Waals surface area contributed by atoms with Gasteiger partial charge in [0, 0.05) is 18.3 Å². The number of aromatic nitrogens is 2. The van der Waals surface area contributed by atoms with Crippen LogP contribution in [0.4, 0.5) is 5.95 Å². The van der Waals surface area contributed by atoms with Crippen molar-refractivity contribution in [2.75, 3.05) is 11.4 Å². The number of anilines is 1. The fourth-order valence-electron chi connectivity index (χ4n) is 2.09. The zero-order valence-electron chi connectivity index (χ0n) is 9.60. The van der Waals surface area contributed by atoms with Crippen LogP contribution in [0.5, 0.6) is 0 Å². The van der Waals surface area contributed by atoms with Gasteiger partial charge in [0.2, 0.25) is 5.95 Å². The summed E-state index contributed by atoms with van der Waals surface area (Å²) in [6.07, 6.45) is 4.05. The third-order valence-corrected chi connectivity index (χ3v) is 3.25. The Morgan fingerprint density at radius 1 is 1.56 bits per heavy atom. The molecule has 0 atom stereocenters. The molecule has 2 N–H and O–H groups in total. The molecular formula is C11H16N4S. The Labute approximate surface area is 101 Å². The number of hydrogen-bond donors (Lipinski definition) is 1. The summed E-state index contributed by atoms with van der Waals surface area (Å²) in [7, 11) is 0. The van der Waals surface area contributed by atoms with E-state index in [0.29, 0.717) is 10.7 Å². The highest BCUT2D eigenvalue weighted by atomic mass is 32.1. The average Bonchev–Trinajstić information content (AvgIpc) is 2.58. The summed E-state index contributed by atoms with van der Waals surface area (Å²) in [5.41, 5.74) is 6.33. The van der Waals surface area contributed by atoms with Gasteiger partial charge in [-0.2, -0.15) is 0 Å². The number of hydrogen-bond acceptors (Lipinski definition) is 4. The van der Waals surface area contributed by atoms with Crippen LogP contribution in [-0.2, 0) is 0 Å². The van der Waals surface area contributed by atoms with Crippen molar-refractivity contribution in [2.45, 2.75) is 32.2 Å². The Balaban J connectivity index is 2.34. The summed E-state index contributed by atoms with van der Waals surface area (Å²) in [6.45, 7) is 5.40. The minimum Gasteiger partial charge on any atom is -0.388 e. The third kappa shape index (κ3) is 2.00. The van der Waals surface area contributed by atoms with E-state index in [-0.39, 0.29) is 5.54 Å². The van der Waals surface area contributed by atoms with Crippen LogP contribution in [0.25, 0.3) is 0 Å². The summed E-state index contributed by atoms with van der Waals surface area (Å²) in [5, 5.41) is 0. The highest BCUT2D eigenvalue weighted by Crippen LogP contribution is 2.31. The van der Waals surface area contributed by atoms with Crippen LogP contribution in [0.15, 0.2) is 12.3 Å².